The lowest BCUT2D eigenvalue weighted by Crippen LogP contribution is -2.36. The van der Waals surface area contributed by atoms with Crippen LogP contribution in [0.2, 0.25) is 0 Å². The Morgan fingerprint density at radius 2 is 1.62 bits per heavy atom. The molecule has 0 bridgehead atoms. The molecule has 0 fully saturated rings. The van der Waals surface area contributed by atoms with Crippen molar-refractivity contribution in [3.63, 3.8) is 0 Å². The molecule has 72 valence electrons. The van der Waals surface area contributed by atoms with E-state index in [0.29, 0.717) is 0 Å². The van der Waals surface area contributed by atoms with E-state index in [2.05, 4.69) is 21.1 Å². The van der Waals surface area contributed by atoms with Crippen molar-refractivity contribution in [2.75, 3.05) is 27.7 Å². The van der Waals surface area contributed by atoms with Gasteiger partial charge in [-0.05, 0) is 5.56 Å². The second-order valence-electron chi connectivity index (χ2n) is 4.41. The molecule has 0 aliphatic rings. The third kappa shape index (κ3) is 3.95. The lowest BCUT2D eigenvalue weighted by Gasteiger charge is -2.23. The Morgan fingerprint density at radius 1 is 1.08 bits per heavy atom. The Hall–Kier alpha value is -1.02. The van der Waals surface area contributed by atoms with Gasteiger partial charge in [0, 0.05) is 6.42 Å². The standard InChI is InChI=1S/C11H17NO/c1-12(2,3)9-8-10-4-6-11(13)7-5-10/h4-7H,8-9H2,1-3H3. The predicted octanol–water partition coefficient (Wildman–Crippen LogP) is 1.01. The largest absolute Gasteiger partial charge is 0.872 e. The van der Waals surface area contributed by atoms with Crippen molar-refractivity contribution in [2.24, 2.45) is 0 Å². The molecular formula is C11H17NO. The first-order valence-electron chi connectivity index (χ1n) is 4.54. The molecule has 0 aromatic heterocycles. The zero-order valence-corrected chi connectivity index (χ0v) is 8.58. The van der Waals surface area contributed by atoms with E-state index in [0.717, 1.165) is 17.4 Å². The van der Waals surface area contributed by atoms with Gasteiger partial charge in [-0.25, -0.2) is 0 Å². The van der Waals surface area contributed by atoms with Crippen molar-refractivity contribution < 1.29 is 9.59 Å². The minimum absolute atomic E-state index is 0.0917. The summed E-state index contributed by atoms with van der Waals surface area (Å²) in [4.78, 5) is 0. The van der Waals surface area contributed by atoms with Crippen LogP contribution in [0.3, 0.4) is 0 Å². The SMILES string of the molecule is C[N+](C)(C)CCc1ccc([O-])cc1. The van der Waals surface area contributed by atoms with Gasteiger partial charge in [-0.15, -0.1) is 5.75 Å². The molecule has 13 heavy (non-hydrogen) atoms. The first-order chi connectivity index (χ1) is 5.97. The van der Waals surface area contributed by atoms with Gasteiger partial charge >= 0.3 is 0 Å². The van der Waals surface area contributed by atoms with E-state index < -0.39 is 0 Å². The van der Waals surface area contributed by atoms with Crippen LogP contribution in [0.4, 0.5) is 0 Å². The lowest BCUT2D eigenvalue weighted by molar-refractivity contribution is -0.870. The summed E-state index contributed by atoms with van der Waals surface area (Å²) in [7, 11) is 6.51. The maximum atomic E-state index is 10.8. The van der Waals surface area contributed by atoms with Gasteiger partial charge in [0.25, 0.3) is 0 Å². The third-order valence-corrected chi connectivity index (χ3v) is 1.99. The summed E-state index contributed by atoms with van der Waals surface area (Å²) in [5.74, 6) is 0.0917. The lowest BCUT2D eigenvalue weighted by atomic mass is 10.1. The van der Waals surface area contributed by atoms with Crippen molar-refractivity contribution in [1.29, 1.82) is 0 Å². The average molecular weight is 179 g/mol. The first-order valence-corrected chi connectivity index (χ1v) is 4.54. The predicted molar refractivity (Wildman–Crippen MR) is 52.5 cm³/mol. The third-order valence-electron chi connectivity index (χ3n) is 1.99. The van der Waals surface area contributed by atoms with Crippen LogP contribution in [0.15, 0.2) is 24.3 Å². The van der Waals surface area contributed by atoms with E-state index in [1.54, 1.807) is 12.1 Å². The smallest absolute Gasteiger partial charge is 0.0821 e. The molecule has 0 N–H and O–H groups in total. The Bertz CT molecular complexity index is 258. The molecule has 0 aliphatic carbocycles. The van der Waals surface area contributed by atoms with Crippen LogP contribution >= 0.6 is 0 Å². The summed E-state index contributed by atoms with van der Waals surface area (Å²) in [6, 6.07) is 7.09. The monoisotopic (exact) mass is 179 g/mol. The Labute approximate surface area is 80.0 Å². The summed E-state index contributed by atoms with van der Waals surface area (Å²) in [5.41, 5.74) is 1.24. The molecule has 0 saturated heterocycles. The van der Waals surface area contributed by atoms with Gasteiger partial charge in [-0.1, -0.05) is 24.3 Å². The highest BCUT2D eigenvalue weighted by Gasteiger charge is 2.05. The van der Waals surface area contributed by atoms with Crippen LogP contribution in [0.1, 0.15) is 5.56 Å². The fraction of sp³-hybridized carbons (Fsp3) is 0.455. The summed E-state index contributed by atoms with van der Waals surface area (Å²) in [5, 5.41) is 10.8. The van der Waals surface area contributed by atoms with Crippen molar-refractivity contribution in [1.82, 2.24) is 0 Å². The molecular weight excluding hydrogens is 162 g/mol. The summed E-state index contributed by atoms with van der Waals surface area (Å²) >= 11 is 0. The molecule has 0 aliphatic heterocycles. The van der Waals surface area contributed by atoms with E-state index in [1.165, 1.54) is 5.56 Å². The van der Waals surface area contributed by atoms with Crippen molar-refractivity contribution in [2.45, 2.75) is 6.42 Å². The zero-order valence-electron chi connectivity index (χ0n) is 8.58. The van der Waals surface area contributed by atoms with Crippen LogP contribution in [-0.2, 0) is 6.42 Å². The molecule has 1 aromatic carbocycles. The van der Waals surface area contributed by atoms with Gasteiger partial charge in [0.15, 0.2) is 0 Å². The maximum absolute atomic E-state index is 10.8. The van der Waals surface area contributed by atoms with Crippen molar-refractivity contribution >= 4 is 0 Å². The zero-order chi connectivity index (χ0) is 9.90. The molecule has 0 spiro atoms. The number of quaternary nitrogens is 1. The molecule has 0 saturated carbocycles. The summed E-state index contributed by atoms with van der Waals surface area (Å²) in [6.07, 6.45) is 1.03. The number of nitrogens with zero attached hydrogens (tertiary/aromatic N) is 1. The molecule has 0 unspecified atom stereocenters. The van der Waals surface area contributed by atoms with E-state index in [4.69, 9.17) is 0 Å². The molecule has 1 rings (SSSR count). The number of benzene rings is 1. The highest BCUT2D eigenvalue weighted by molar-refractivity contribution is 5.24. The summed E-state index contributed by atoms with van der Waals surface area (Å²) in [6.45, 7) is 1.10. The van der Waals surface area contributed by atoms with Gasteiger partial charge in [0.1, 0.15) is 0 Å². The normalized spacial score (nSPS) is 11.6. The highest BCUT2D eigenvalue weighted by atomic mass is 16.3. The highest BCUT2D eigenvalue weighted by Crippen LogP contribution is 2.08. The van der Waals surface area contributed by atoms with Crippen molar-refractivity contribution in [3.05, 3.63) is 29.8 Å². The van der Waals surface area contributed by atoms with Crippen LogP contribution in [0, 0.1) is 0 Å². The van der Waals surface area contributed by atoms with E-state index >= 15 is 0 Å². The van der Waals surface area contributed by atoms with Gasteiger partial charge in [-0.2, -0.15) is 0 Å². The van der Waals surface area contributed by atoms with Crippen LogP contribution in [-0.4, -0.2) is 32.2 Å². The number of likely N-dealkylation sites (N-methyl/N-ethyl adjacent to an activating group) is 1. The molecule has 1 aromatic rings. The number of hydrogen-bond acceptors (Lipinski definition) is 1. The minimum atomic E-state index is 0.0917. The molecule has 0 heterocycles. The number of rotatable bonds is 3. The Morgan fingerprint density at radius 3 is 2.08 bits per heavy atom. The van der Waals surface area contributed by atoms with Crippen LogP contribution in [0.25, 0.3) is 0 Å². The van der Waals surface area contributed by atoms with Gasteiger partial charge in [-0.3, -0.25) is 0 Å². The summed E-state index contributed by atoms with van der Waals surface area (Å²) < 4.78 is 0.957. The van der Waals surface area contributed by atoms with Gasteiger partial charge in [0.2, 0.25) is 0 Å². The van der Waals surface area contributed by atoms with Gasteiger partial charge in [0.05, 0.1) is 27.7 Å². The maximum Gasteiger partial charge on any atom is 0.0821 e. The molecule has 2 nitrogen and oxygen atoms in total. The second-order valence-corrected chi connectivity index (χ2v) is 4.41. The first kappa shape index (κ1) is 10.1. The van der Waals surface area contributed by atoms with E-state index in [-0.39, 0.29) is 5.75 Å². The van der Waals surface area contributed by atoms with E-state index in [1.807, 2.05) is 12.1 Å². The Kier molecular flexibility index (Phi) is 2.94. The fourth-order valence-electron chi connectivity index (χ4n) is 1.12. The Balaban J connectivity index is 2.51. The van der Waals surface area contributed by atoms with Gasteiger partial charge < -0.3 is 9.59 Å². The quantitative estimate of drug-likeness (QED) is 0.635. The second kappa shape index (κ2) is 3.79. The molecule has 0 atom stereocenters. The molecule has 0 radical (unpaired) electrons. The van der Waals surface area contributed by atoms with Crippen LogP contribution in [0.5, 0.6) is 5.75 Å². The van der Waals surface area contributed by atoms with E-state index in [9.17, 15) is 5.11 Å². The number of hydrogen-bond donors (Lipinski definition) is 0. The molecule has 2 heteroatoms. The molecule has 0 amide bonds. The minimum Gasteiger partial charge on any atom is -0.872 e. The fourth-order valence-corrected chi connectivity index (χ4v) is 1.12. The van der Waals surface area contributed by atoms with Crippen LogP contribution < -0.4 is 5.11 Å². The van der Waals surface area contributed by atoms with Crippen molar-refractivity contribution in [3.8, 4) is 5.75 Å². The topological polar surface area (TPSA) is 23.1 Å². The average Bonchev–Trinajstić information content (AvgIpc) is 2.02.